The highest BCUT2D eigenvalue weighted by Gasteiger charge is 2.21. The Morgan fingerprint density at radius 2 is 2.00 bits per heavy atom. The standard InChI is InChI=1S/C16H24N2O/c1-16(2,3)14-6-4-12(5-7-14)10-18-15(19)13-8-9-17-11-13/h4-7,13,17H,8-11H2,1-3H3,(H,18,19). The molecule has 0 spiro atoms. The Morgan fingerprint density at radius 1 is 1.32 bits per heavy atom. The van der Waals surface area contributed by atoms with Crippen LogP contribution in [0.25, 0.3) is 0 Å². The van der Waals surface area contributed by atoms with E-state index in [1.54, 1.807) is 0 Å². The van der Waals surface area contributed by atoms with Crippen molar-refractivity contribution in [2.24, 2.45) is 5.92 Å². The molecule has 1 aromatic carbocycles. The largest absolute Gasteiger partial charge is 0.352 e. The van der Waals surface area contributed by atoms with Gasteiger partial charge >= 0.3 is 0 Å². The molecule has 1 atom stereocenters. The molecule has 0 aromatic heterocycles. The number of carbonyl (C=O) groups is 1. The van der Waals surface area contributed by atoms with E-state index in [0.717, 1.165) is 25.1 Å². The first-order valence-corrected chi connectivity index (χ1v) is 7.04. The van der Waals surface area contributed by atoms with Gasteiger partial charge < -0.3 is 10.6 Å². The molecule has 3 nitrogen and oxygen atoms in total. The fraction of sp³-hybridized carbons (Fsp3) is 0.562. The SMILES string of the molecule is CC(C)(C)c1ccc(CNC(=O)C2CCNC2)cc1. The van der Waals surface area contributed by atoms with Gasteiger partial charge in [0, 0.05) is 13.1 Å². The minimum Gasteiger partial charge on any atom is -0.352 e. The van der Waals surface area contributed by atoms with Gasteiger partial charge in [-0.1, -0.05) is 45.0 Å². The topological polar surface area (TPSA) is 41.1 Å². The van der Waals surface area contributed by atoms with Crippen molar-refractivity contribution >= 4 is 5.91 Å². The summed E-state index contributed by atoms with van der Waals surface area (Å²) < 4.78 is 0. The molecule has 0 aliphatic carbocycles. The third-order valence-electron chi connectivity index (χ3n) is 3.72. The van der Waals surface area contributed by atoms with Gasteiger partial charge in [-0.3, -0.25) is 4.79 Å². The average molecular weight is 260 g/mol. The number of carbonyl (C=O) groups excluding carboxylic acids is 1. The zero-order valence-corrected chi connectivity index (χ0v) is 12.1. The van der Waals surface area contributed by atoms with E-state index in [2.05, 4.69) is 55.7 Å². The third-order valence-corrected chi connectivity index (χ3v) is 3.72. The summed E-state index contributed by atoms with van der Waals surface area (Å²) in [4.78, 5) is 11.9. The maximum Gasteiger partial charge on any atom is 0.224 e. The molecule has 1 aromatic rings. The zero-order chi connectivity index (χ0) is 13.9. The Balaban J connectivity index is 1.87. The van der Waals surface area contributed by atoms with Crippen molar-refractivity contribution in [3.8, 4) is 0 Å². The quantitative estimate of drug-likeness (QED) is 0.875. The lowest BCUT2D eigenvalue weighted by Gasteiger charge is -2.19. The lowest BCUT2D eigenvalue weighted by Crippen LogP contribution is -2.31. The second-order valence-corrected chi connectivity index (χ2v) is 6.35. The number of hydrogen-bond acceptors (Lipinski definition) is 2. The molecule has 2 rings (SSSR count). The van der Waals surface area contributed by atoms with E-state index in [-0.39, 0.29) is 17.2 Å². The Kier molecular flexibility index (Phi) is 4.25. The van der Waals surface area contributed by atoms with Crippen LogP contribution < -0.4 is 10.6 Å². The molecule has 2 N–H and O–H groups in total. The fourth-order valence-corrected chi connectivity index (χ4v) is 2.33. The van der Waals surface area contributed by atoms with Crippen molar-refractivity contribution in [1.29, 1.82) is 0 Å². The molecule has 0 saturated carbocycles. The van der Waals surface area contributed by atoms with Crippen LogP contribution in [-0.4, -0.2) is 19.0 Å². The summed E-state index contributed by atoms with van der Waals surface area (Å²) in [6.07, 6.45) is 0.953. The van der Waals surface area contributed by atoms with Crippen LogP contribution in [0.3, 0.4) is 0 Å². The molecule has 19 heavy (non-hydrogen) atoms. The smallest absolute Gasteiger partial charge is 0.224 e. The molecule has 0 radical (unpaired) electrons. The highest BCUT2D eigenvalue weighted by atomic mass is 16.1. The van der Waals surface area contributed by atoms with Crippen molar-refractivity contribution < 1.29 is 4.79 Å². The monoisotopic (exact) mass is 260 g/mol. The summed E-state index contributed by atoms with van der Waals surface area (Å²) in [5, 5.41) is 6.23. The minimum absolute atomic E-state index is 0.147. The van der Waals surface area contributed by atoms with Crippen LogP contribution in [0.1, 0.15) is 38.3 Å². The van der Waals surface area contributed by atoms with Gasteiger partial charge in [-0.2, -0.15) is 0 Å². The van der Waals surface area contributed by atoms with E-state index >= 15 is 0 Å². The van der Waals surface area contributed by atoms with E-state index in [0.29, 0.717) is 6.54 Å². The van der Waals surface area contributed by atoms with Gasteiger partial charge in [-0.25, -0.2) is 0 Å². The molecule has 3 heteroatoms. The van der Waals surface area contributed by atoms with Crippen molar-refractivity contribution in [3.63, 3.8) is 0 Å². The minimum atomic E-state index is 0.147. The third kappa shape index (κ3) is 3.80. The Hall–Kier alpha value is -1.35. The van der Waals surface area contributed by atoms with Gasteiger partial charge in [0.15, 0.2) is 0 Å². The highest BCUT2D eigenvalue weighted by Crippen LogP contribution is 2.22. The lowest BCUT2D eigenvalue weighted by molar-refractivity contribution is -0.124. The van der Waals surface area contributed by atoms with E-state index in [9.17, 15) is 4.79 Å². The van der Waals surface area contributed by atoms with E-state index in [4.69, 9.17) is 0 Å². The molecule has 1 fully saturated rings. The maximum absolute atomic E-state index is 11.9. The van der Waals surface area contributed by atoms with Crippen LogP contribution >= 0.6 is 0 Å². The van der Waals surface area contributed by atoms with E-state index < -0.39 is 0 Å². The predicted octanol–water partition coefficient (Wildman–Crippen LogP) is 2.21. The van der Waals surface area contributed by atoms with Gasteiger partial charge in [0.05, 0.1) is 5.92 Å². The summed E-state index contributed by atoms with van der Waals surface area (Å²) in [7, 11) is 0. The summed E-state index contributed by atoms with van der Waals surface area (Å²) >= 11 is 0. The highest BCUT2D eigenvalue weighted by molar-refractivity contribution is 5.79. The number of benzene rings is 1. The first-order valence-electron chi connectivity index (χ1n) is 7.04. The maximum atomic E-state index is 11.9. The molecule has 1 heterocycles. The molecular formula is C16H24N2O. The van der Waals surface area contributed by atoms with Crippen molar-refractivity contribution in [2.45, 2.75) is 39.2 Å². The van der Waals surface area contributed by atoms with Gasteiger partial charge in [0.1, 0.15) is 0 Å². The van der Waals surface area contributed by atoms with Crippen molar-refractivity contribution in [2.75, 3.05) is 13.1 Å². The molecule has 1 aliphatic heterocycles. The van der Waals surface area contributed by atoms with Gasteiger partial charge in [-0.15, -0.1) is 0 Å². The Morgan fingerprint density at radius 3 is 2.53 bits per heavy atom. The predicted molar refractivity (Wildman–Crippen MR) is 78.0 cm³/mol. The van der Waals surface area contributed by atoms with Crippen LogP contribution in [0.15, 0.2) is 24.3 Å². The van der Waals surface area contributed by atoms with E-state index in [1.807, 2.05) is 0 Å². The normalized spacial score (nSPS) is 19.4. The second kappa shape index (κ2) is 5.74. The average Bonchev–Trinajstić information content (AvgIpc) is 2.89. The molecular weight excluding hydrogens is 236 g/mol. The summed E-state index contributed by atoms with van der Waals surface area (Å²) in [6.45, 7) is 9.01. The Labute approximate surface area is 115 Å². The molecule has 1 saturated heterocycles. The Bertz CT molecular complexity index is 425. The van der Waals surface area contributed by atoms with Gasteiger partial charge in [0.25, 0.3) is 0 Å². The van der Waals surface area contributed by atoms with Gasteiger partial charge in [0.2, 0.25) is 5.91 Å². The zero-order valence-electron chi connectivity index (χ0n) is 12.1. The van der Waals surface area contributed by atoms with Crippen LogP contribution in [0, 0.1) is 5.92 Å². The molecule has 104 valence electrons. The molecule has 1 aliphatic rings. The first kappa shape index (κ1) is 14.1. The fourth-order valence-electron chi connectivity index (χ4n) is 2.33. The first-order chi connectivity index (χ1) is 8.97. The summed E-state index contributed by atoms with van der Waals surface area (Å²) in [6, 6.07) is 8.51. The second-order valence-electron chi connectivity index (χ2n) is 6.35. The lowest BCUT2D eigenvalue weighted by atomic mass is 9.87. The van der Waals surface area contributed by atoms with E-state index in [1.165, 1.54) is 5.56 Å². The van der Waals surface area contributed by atoms with Crippen molar-refractivity contribution in [1.82, 2.24) is 10.6 Å². The number of amides is 1. The van der Waals surface area contributed by atoms with Gasteiger partial charge in [-0.05, 0) is 29.5 Å². The molecule has 0 bridgehead atoms. The molecule has 1 unspecified atom stereocenters. The summed E-state index contributed by atoms with van der Waals surface area (Å²) in [5.74, 6) is 0.318. The number of rotatable bonds is 3. The van der Waals surface area contributed by atoms with Crippen molar-refractivity contribution in [3.05, 3.63) is 35.4 Å². The van der Waals surface area contributed by atoms with Crippen LogP contribution in [0.2, 0.25) is 0 Å². The number of nitrogens with one attached hydrogen (secondary N) is 2. The summed E-state index contributed by atoms with van der Waals surface area (Å²) in [5.41, 5.74) is 2.66. The number of hydrogen-bond donors (Lipinski definition) is 2. The molecule has 1 amide bonds. The van der Waals surface area contributed by atoms with Crippen LogP contribution in [0.5, 0.6) is 0 Å². The van der Waals surface area contributed by atoms with Crippen LogP contribution in [0.4, 0.5) is 0 Å². The van der Waals surface area contributed by atoms with Crippen LogP contribution in [-0.2, 0) is 16.8 Å².